The zero-order valence-electron chi connectivity index (χ0n) is 12.0. The minimum atomic E-state index is -1.67. The molecule has 8 N–H and O–H groups in total. The molecular formula is C12H22O11. The largest absolute Gasteiger partial charge is 0.394 e. The summed E-state index contributed by atoms with van der Waals surface area (Å²) in [6.45, 7) is -1.43. The first-order valence-corrected chi connectivity index (χ1v) is 7.08. The highest BCUT2D eigenvalue weighted by Crippen LogP contribution is 2.29. The maximum Gasteiger partial charge on any atom is 0.187 e. The summed E-state index contributed by atoms with van der Waals surface area (Å²) in [5, 5.41) is 75.8. The van der Waals surface area contributed by atoms with Crippen molar-refractivity contribution in [2.24, 2.45) is 0 Å². The zero-order valence-corrected chi connectivity index (χ0v) is 12.0. The quantitative estimate of drug-likeness (QED) is 0.230. The lowest BCUT2D eigenvalue weighted by molar-refractivity contribution is -0.239. The van der Waals surface area contributed by atoms with Crippen LogP contribution in [0.4, 0.5) is 0 Å². The van der Waals surface area contributed by atoms with Gasteiger partial charge >= 0.3 is 0 Å². The summed E-state index contributed by atoms with van der Waals surface area (Å²) in [6.07, 6.45) is -14.8. The van der Waals surface area contributed by atoms with Gasteiger partial charge in [0.25, 0.3) is 0 Å². The fourth-order valence-electron chi connectivity index (χ4n) is 2.60. The van der Waals surface area contributed by atoms with Gasteiger partial charge in [0.05, 0.1) is 13.2 Å². The van der Waals surface area contributed by atoms with Crippen LogP contribution in [0.25, 0.3) is 0 Å². The van der Waals surface area contributed by atoms with E-state index >= 15 is 0 Å². The van der Waals surface area contributed by atoms with E-state index in [1.165, 1.54) is 0 Å². The van der Waals surface area contributed by atoms with E-state index in [4.69, 9.17) is 19.3 Å². The summed E-state index contributed by atoms with van der Waals surface area (Å²) in [7, 11) is 0. The van der Waals surface area contributed by atoms with Gasteiger partial charge in [-0.1, -0.05) is 0 Å². The Morgan fingerprint density at radius 3 is 1.87 bits per heavy atom. The molecule has 2 aliphatic heterocycles. The van der Waals surface area contributed by atoms with Crippen LogP contribution in [-0.4, -0.2) is 115 Å². The molecule has 0 amide bonds. The lowest BCUT2D eigenvalue weighted by Crippen LogP contribution is -2.46. The summed E-state index contributed by atoms with van der Waals surface area (Å²) in [4.78, 5) is 0. The van der Waals surface area contributed by atoms with Gasteiger partial charge in [-0.3, -0.25) is 0 Å². The molecule has 2 rings (SSSR count). The fraction of sp³-hybridized carbons (Fsp3) is 1.00. The second-order valence-electron chi connectivity index (χ2n) is 5.53. The van der Waals surface area contributed by atoms with E-state index in [-0.39, 0.29) is 0 Å². The molecule has 11 nitrogen and oxygen atoms in total. The third-order valence-corrected chi connectivity index (χ3v) is 3.95. The monoisotopic (exact) mass is 342 g/mol. The van der Waals surface area contributed by atoms with Crippen LogP contribution in [0.5, 0.6) is 0 Å². The van der Waals surface area contributed by atoms with Crippen LogP contribution in [0.1, 0.15) is 0 Å². The molecular weight excluding hydrogens is 320 g/mol. The summed E-state index contributed by atoms with van der Waals surface area (Å²) in [6, 6.07) is 0. The van der Waals surface area contributed by atoms with Crippen molar-refractivity contribution in [1.82, 2.24) is 0 Å². The van der Waals surface area contributed by atoms with Gasteiger partial charge in [-0.25, -0.2) is 0 Å². The van der Waals surface area contributed by atoms with E-state index in [1.54, 1.807) is 0 Å². The molecule has 0 radical (unpaired) electrons. The molecule has 0 unspecified atom stereocenters. The minimum absolute atomic E-state index is 0.711. The van der Waals surface area contributed by atoms with Crippen molar-refractivity contribution in [2.45, 2.75) is 61.4 Å². The van der Waals surface area contributed by atoms with E-state index < -0.39 is 74.6 Å². The van der Waals surface area contributed by atoms with Gasteiger partial charge in [0, 0.05) is 0 Å². The summed E-state index contributed by atoms with van der Waals surface area (Å²) < 4.78 is 15.2. The highest BCUT2D eigenvalue weighted by molar-refractivity contribution is 4.94. The van der Waals surface area contributed by atoms with Gasteiger partial charge in [-0.05, 0) is 0 Å². The number of hydrogen-bond donors (Lipinski definition) is 8. The highest BCUT2D eigenvalue weighted by atomic mass is 16.7. The SMILES string of the molecule is OC[C@@H](O)[C@@H]1O[C@@H](O[C@H](CO)[C@@H]2O[C@@H](O)[C@H](O)[C@H]2O)[C@H](O)[C@H]1O. The minimum Gasteiger partial charge on any atom is -0.394 e. The molecule has 23 heavy (non-hydrogen) atoms. The maximum atomic E-state index is 9.85. The van der Waals surface area contributed by atoms with Crippen molar-refractivity contribution >= 4 is 0 Å². The molecule has 136 valence electrons. The van der Waals surface area contributed by atoms with Gasteiger partial charge in [0.2, 0.25) is 0 Å². The second-order valence-corrected chi connectivity index (χ2v) is 5.53. The highest BCUT2D eigenvalue weighted by Gasteiger charge is 2.51. The first-order chi connectivity index (χ1) is 10.8. The van der Waals surface area contributed by atoms with Crippen LogP contribution in [0.15, 0.2) is 0 Å². The second kappa shape index (κ2) is 7.63. The molecule has 0 aromatic carbocycles. The Morgan fingerprint density at radius 1 is 0.783 bits per heavy atom. The summed E-state index contributed by atoms with van der Waals surface area (Å²) >= 11 is 0. The van der Waals surface area contributed by atoms with Crippen LogP contribution >= 0.6 is 0 Å². The van der Waals surface area contributed by atoms with Crippen molar-refractivity contribution in [1.29, 1.82) is 0 Å². The number of ether oxygens (including phenoxy) is 3. The van der Waals surface area contributed by atoms with Crippen molar-refractivity contribution in [3.05, 3.63) is 0 Å². The van der Waals surface area contributed by atoms with Crippen molar-refractivity contribution < 1.29 is 55.1 Å². The smallest absolute Gasteiger partial charge is 0.187 e. The van der Waals surface area contributed by atoms with Crippen molar-refractivity contribution in [3.63, 3.8) is 0 Å². The summed E-state index contributed by atoms with van der Waals surface area (Å²) in [5.74, 6) is 0. The number of hydrogen-bond acceptors (Lipinski definition) is 11. The van der Waals surface area contributed by atoms with Crippen LogP contribution in [0, 0.1) is 0 Å². The molecule has 2 saturated heterocycles. The molecule has 11 heteroatoms. The van der Waals surface area contributed by atoms with Crippen molar-refractivity contribution in [2.75, 3.05) is 13.2 Å². The molecule has 0 aliphatic carbocycles. The molecule has 0 saturated carbocycles. The normalized spacial score (nSPS) is 47.0. The predicted molar refractivity (Wildman–Crippen MR) is 68.6 cm³/mol. The third-order valence-electron chi connectivity index (χ3n) is 3.95. The zero-order chi connectivity index (χ0) is 17.3. The average Bonchev–Trinajstić information content (AvgIpc) is 2.96. The standard InChI is InChI=1S/C12H22O11/c13-1-3(15)9-6(17)8(19)12(23-9)21-4(2-14)10-5(16)7(18)11(20)22-10/h3-20H,1-2H2/t3-,4-,5-,6-,7-,8-,9+,10+,11-,12-/m1/s1. The fourth-order valence-corrected chi connectivity index (χ4v) is 2.60. The maximum absolute atomic E-state index is 9.85. The van der Waals surface area contributed by atoms with E-state index in [0.717, 1.165) is 0 Å². The van der Waals surface area contributed by atoms with Crippen LogP contribution < -0.4 is 0 Å². The molecule has 2 fully saturated rings. The molecule has 0 aromatic rings. The Hall–Kier alpha value is -0.440. The Morgan fingerprint density at radius 2 is 1.39 bits per heavy atom. The van der Waals surface area contributed by atoms with Gasteiger partial charge in [-0.2, -0.15) is 0 Å². The topological polar surface area (TPSA) is 190 Å². The number of aliphatic hydroxyl groups excluding tert-OH is 8. The molecule has 2 heterocycles. The molecule has 0 spiro atoms. The third kappa shape index (κ3) is 3.65. The first-order valence-electron chi connectivity index (χ1n) is 7.08. The van der Waals surface area contributed by atoms with E-state index in [1.807, 2.05) is 0 Å². The average molecular weight is 342 g/mol. The Kier molecular flexibility index (Phi) is 6.27. The van der Waals surface area contributed by atoms with E-state index in [2.05, 4.69) is 0 Å². The Balaban J connectivity index is 2.02. The molecule has 10 atom stereocenters. The summed E-state index contributed by atoms with van der Waals surface area (Å²) in [5.41, 5.74) is 0. The van der Waals surface area contributed by atoms with Gasteiger partial charge in [0.15, 0.2) is 12.6 Å². The van der Waals surface area contributed by atoms with Crippen LogP contribution in [0.2, 0.25) is 0 Å². The first kappa shape index (κ1) is 18.9. The molecule has 2 aliphatic rings. The van der Waals surface area contributed by atoms with E-state index in [0.29, 0.717) is 0 Å². The van der Waals surface area contributed by atoms with E-state index in [9.17, 15) is 35.7 Å². The lowest BCUT2D eigenvalue weighted by atomic mass is 10.1. The van der Waals surface area contributed by atoms with Crippen molar-refractivity contribution in [3.8, 4) is 0 Å². The Bertz CT molecular complexity index is 382. The lowest BCUT2D eigenvalue weighted by Gasteiger charge is -2.27. The van der Waals surface area contributed by atoms with Crippen LogP contribution in [0.3, 0.4) is 0 Å². The van der Waals surface area contributed by atoms with Gasteiger partial charge in [-0.15, -0.1) is 0 Å². The number of aliphatic hydroxyl groups is 8. The Labute approximate surface area is 130 Å². The molecule has 0 aromatic heterocycles. The number of rotatable bonds is 6. The van der Waals surface area contributed by atoms with Crippen LogP contribution in [-0.2, 0) is 14.2 Å². The van der Waals surface area contributed by atoms with Gasteiger partial charge < -0.3 is 55.1 Å². The molecule has 0 bridgehead atoms. The van der Waals surface area contributed by atoms with Gasteiger partial charge in [0.1, 0.15) is 48.8 Å². The predicted octanol–water partition coefficient (Wildman–Crippen LogP) is -5.40.